The molecule has 26 heavy (non-hydrogen) atoms. The molecule has 1 aromatic heterocycles. The van der Waals surface area contributed by atoms with E-state index in [-0.39, 0.29) is 0 Å². The Morgan fingerprint density at radius 1 is 1.42 bits per heavy atom. The summed E-state index contributed by atoms with van der Waals surface area (Å²) in [4.78, 5) is 41.8. The maximum atomic E-state index is 12.8. The van der Waals surface area contributed by atoms with Crippen molar-refractivity contribution in [3.05, 3.63) is 36.2 Å². The topological polar surface area (TPSA) is 106 Å². The molecule has 9 heteroatoms. The van der Waals surface area contributed by atoms with Crippen LogP contribution in [0, 0.1) is 0 Å². The van der Waals surface area contributed by atoms with Crippen LogP contribution in [0.5, 0.6) is 0 Å². The summed E-state index contributed by atoms with van der Waals surface area (Å²) in [5.74, 6) is -1.53. The fourth-order valence-corrected chi connectivity index (χ4v) is 5.15. The standard InChI is InChI=1S/C17H19N3O5S/c1-17(2)13(16(23)25-3)20-14(22)12(15(20)26(17)24)19-11(21)7-6-10-5-4-8-18-9-10/h4-9,12-13,15H,1-3H3,(H,19,21)/b7-6+/t12-,13+,15-,26?/m1/s1. The fourth-order valence-electron chi connectivity index (χ4n) is 3.23. The smallest absolute Gasteiger partial charge is 0.330 e. The lowest BCUT2D eigenvalue weighted by Crippen LogP contribution is -2.71. The van der Waals surface area contributed by atoms with Crippen molar-refractivity contribution < 1.29 is 23.3 Å². The van der Waals surface area contributed by atoms with Crippen LogP contribution >= 0.6 is 0 Å². The van der Waals surface area contributed by atoms with E-state index in [1.807, 2.05) is 0 Å². The third-order valence-corrected chi connectivity index (χ3v) is 6.79. The third kappa shape index (κ3) is 2.82. The highest BCUT2D eigenvalue weighted by atomic mass is 32.2. The number of carbonyl (C=O) groups excluding carboxylic acids is 3. The Morgan fingerprint density at radius 3 is 2.77 bits per heavy atom. The second-order valence-corrected chi connectivity index (χ2v) is 8.70. The summed E-state index contributed by atoms with van der Waals surface area (Å²) < 4.78 is 16.6. The summed E-state index contributed by atoms with van der Waals surface area (Å²) in [6, 6.07) is 1.67. The van der Waals surface area contributed by atoms with Crippen LogP contribution in [0.3, 0.4) is 0 Å². The molecule has 3 rings (SSSR count). The molecule has 0 saturated carbocycles. The predicted octanol–water partition coefficient (Wildman–Crippen LogP) is -0.170. The molecule has 3 heterocycles. The zero-order chi connectivity index (χ0) is 19.1. The maximum Gasteiger partial charge on any atom is 0.330 e. The molecule has 1 aromatic rings. The third-order valence-electron chi connectivity index (χ3n) is 4.59. The van der Waals surface area contributed by atoms with Crippen LogP contribution in [0.4, 0.5) is 0 Å². The van der Waals surface area contributed by atoms with Crippen LogP contribution < -0.4 is 5.32 Å². The average molecular weight is 377 g/mol. The van der Waals surface area contributed by atoms with E-state index in [4.69, 9.17) is 4.74 Å². The highest BCUT2D eigenvalue weighted by Gasteiger charge is 2.68. The number of fused-ring (bicyclic) bond motifs is 1. The molecule has 0 spiro atoms. The molecule has 0 aromatic carbocycles. The molecule has 8 nitrogen and oxygen atoms in total. The van der Waals surface area contributed by atoms with Crippen molar-refractivity contribution in [1.82, 2.24) is 15.2 Å². The number of esters is 1. The van der Waals surface area contributed by atoms with Gasteiger partial charge in [0.1, 0.15) is 17.5 Å². The first-order valence-corrected chi connectivity index (χ1v) is 9.19. The first kappa shape index (κ1) is 18.2. The van der Waals surface area contributed by atoms with Crippen molar-refractivity contribution in [2.45, 2.75) is 36.1 Å². The van der Waals surface area contributed by atoms with Crippen LogP contribution in [0.15, 0.2) is 30.6 Å². The largest absolute Gasteiger partial charge is 0.467 e. The molecule has 1 unspecified atom stereocenters. The number of ether oxygens (including phenoxy) is 1. The molecule has 2 amide bonds. The number of hydrogen-bond acceptors (Lipinski definition) is 6. The molecule has 0 radical (unpaired) electrons. The minimum Gasteiger partial charge on any atom is -0.467 e. The quantitative estimate of drug-likeness (QED) is 0.444. The van der Waals surface area contributed by atoms with Crippen molar-refractivity contribution in [3.63, 3.8) is 0 Å². The number of rotatable bonds is 4. The van der Waals surface area contributed by atoms with Crippen LogP contribution in [0.2, 0.25) is 0 Å². The summed E-state index contributed by atoms with van der Waals surface area (Å²) in [7, 11) is -0.302. The predicted molar refractivity (Wildman–Crippen MR) is 93.9 cm³/mol. The fraction of sp³-hybridized carbons (Fsp3) is 0.412. The van der Waals surface area contributed by atoms with Gasteiger partial charge in [0.25, 0.3) is 0 Å². The Labute approximate surface area is 153 Å². The Morgan fingerprint density at radius 2 is 2.15 bits per heavy atom. The van der Waals surface area contributed by atoms with Crippen LogP contribution in [-0.4, -0.2) is 61.2 Å². The van der Waals surface area contributed by atoms with Gasteiger partial charge in [0, 0.05) is 18.5 Å². The van der Waals surface area contributed by atoms with Gasteiger partial charge in [-0.2, -0.15) is 0 Å². The van der Waals surface area contributed by atoms with Gasteiger partial charge >= 0.3 is 5.97 Å². The molecule has 138 valence electrons. The Kier molecular flexibility index (Phi) is 4.66. The van der Waals surface area contributed by atoms with Gasteiger partial charge in [-0.1, -0.05) is 6.07 Å². The van der Waals surface area contributed by atoms with E-state index in [1.54, 1.807) is 44.4 Å². The number of nitrogens with zero attached hydrogens (tertiary/aromatic N) is 2. The van der Waals surface area contributed by atoms with E-state index in [9.17, 15) is 18.6 Å². The van der Waals surface area contributed by atoms with Crippen molar-refractivity contribution >= 4 is 34.7 Å². The summed E-state index contributed by atoms with van der Waals surface area (Å²) in [5.41, 5.74) is 0.737. The minimum atomic E-state index is -1.53. The second kappa shape index (κ2) is 6.64. The number of β-lactam (4-membered cyclic amide) rings is 1. The van der Waals surface area contributed by atoms with Crippen LogP contribution in [0.1, 0.15) is 19.4 Å². The van der Waals surface area contributed by atoms with Crippen molar-refractivity contribution in [1.29, 1.82) is 0 Å². The number of methoxy groups -OCH3 is 1. The summed E-state index contributed by atoms with van der Waals surface area (Å²) in [6.07, 6.45) is 6.06. The van der Waals surface area contributed by atoms with Gasteiger partial charge in [-0.15, -0.1) is 0 Å². The molecule has 2 saturated heterocycles. The number of aromatic nitrogens is 1. The zero-order valence-corrected chi connectivity index (χ0v) is 15.4. The van der Waals surface area contributed by atoms with Gasteiger partial charge in [0.2, 0.25) is 11.8 Å². The highest BCUT2D eigenvalue weighted by molar-refractivity contribution is 7.87. The highest BCUT2D eigenvalue weighted by Crippen LogP contribution is 2.43. The Balaban J connectivity index is 1.73. The van der Waals surface area contributed by atoms with Gasteiger partial charge in [-0.05, 0) is 31.6 Å². The van der Waals surface area contributed by atoms with Gasteiger partial charge in [0.05, 0.1) is 22.7 Å². The van der Waals surface area contributed by atoms with Gasteiger partial charge in [-0.25, -0.2) is 4.79 Å². The number of amides is 2. The van der Waals surface area contributed by atoms with E-state index in [1.165, 1.54) is 18.1 Å². The molecule has 2 fully saturated rings. The Bertz CT molecular complexity index is 808. The van der Waals surface area contributed by atoms with E-state index >= 15 is 0 Å². The van der Waals surface area contributed by atoms with Crippen LogP contribution in [0.25, 0.3) is 6.08 Å². The van der Waals surface area contributed by atoms with Crippen LogP contribution in [-0.2, 0) is 29.9 Å². The number of carbonyl (C=O) groups is 3. The molecule has 0 aliphatic carbocycles. The van der Waals surface area contributed by atoms with E-state index in [0.717, 1.165) is 5.56 Å². The summed E-state index contributed by atoms with van der Waals surface area (Å²) in [5, 5.41) is 1.83. The lowest BCUT2D eigenvalue weighted by molar-refractivity contribution is -0.162. The monoisotopic (exact) mass is 377 g/mol. The zero-order valence-electron chi connectivity index (χ0n) is 14.5. The maximum absolute atomic E-state index is 12.8. The molecule has 2 aliphatic heterocycles. The summed E-state index contributed by atoms with van der Waals surface area (Å²) >= 11 is 0. The summed E-state index contributed by atoms with van der Waals surface area (Å²) in [6.45, 7) is 3.30. The van der Waals surface area contributed by atoms with Gasteiger partial charge in [-0.3, -0.25) is 18.8 Å². The second-order valence-electron chi connectivity index (χ2n) is 6.57. The lowest BCUT2D eigenvalue weighted by atomic mass is 9.96. The van der Waals surface area contributed by atoms with Crippen molar-refractivity contribution in [2.75, 3.05) is 7.11 Å². The SMILES string of the molecule is COC(=O)[C@@H]1N2C(=O)[C@@H](NC(=O)/C=C/c3cccnc3)[C@H]2S(=O)C1(C)C. The van der Waals surface area contributed by atoms with Gasteiger partial charge in [0.15, 0.2) is 0 Å². The van der Waals surface area contributed by atoms with E-state index in [2.05, 4.69) is 10.3 Å². The first-order chi connectivity index (χ1) is 12.3. The van der Waals surface area contributed by atoms with Gasteiger partial charge < -0.3 is 15.0 Å². The molecule has 0 bridgehead atoms. The van der Waals surface area contributed by atoms with Crippen molar-refractivity contribution in [3.8, 4) is 0 Å². The first-order valence-electron chi connectivity index (χ1n) is 7.98. The molecular formula is C17H19N3O5S. The lowest BCUT2D eigenvalue weighted by Gasteiger charge is -2.43. The number of pyridine rings is 1. The van der Waals surface area contributed by atoms with Crippen molar-refractivity contribution in [2.24, 2.45) is 0 Å². The van der Waals surface area contributed by atoms with E-state index in [0.29, 0.717) is 0 Å². The number of hydrogen-bond donors (Lipinski definition) is 1. The molecule has 4 atom stereocenters. The normalized spacial score (nSPS) is 29.2. The average Bonchev–Trinajstić information content (AvgIpc) is 2.82. The Hall–Kier alpha value is -2.55. The number of nitrogens with one attached hydrogen (secondary N) is 1. The minimum absolute atomic E-state index is 0.438. The molecule has 1 N–H and O–H groups in total. The molecular weight excluding hydrogens is 358 g/mol. The van der Waals surface area contributed by atoms with E-state index < -0.39 is 50.8 Å². The molecule has 2 aliphatic rings.